The van der Waals surface area contributed by atoms with Gasteiger partial charge in [0.2, 0.25) is 15.9 Å². The van der Waals surface area contributed by atoms with Crippen LogP contribution >= 0.6 is 0 Å². The van der Waals surface area contributed by atoms with E-state index in [9.17, 15) is 21.6 Å². The van der Waals surface area contributed by atoms with E-state index in [-0.39, 0.29) is 22.5 Å². The van der Waals surface area contributed by atoms with Gasteiger partial charge in [-0.2, -0.15) is 0 Å². The van der Waals surface area contributed by atoms with Crippen LogP contribution in [0.2, 0.25) is 0 Å². The van der Waals surface area contributed by atoms with Crippen LogP contribution < -0.4 is 10.0 Å². The number of hydrogen-bond acceptors (Lipinski definition) is 5. The van der Waals surface area contributed by atoms with Gasteiger partial charge < -0.3 is 5.32 Å². The molecule has 1 aliphatic rings. The third kappa shape index (κ3) is 7.43. The lowest BCUT2D eigenvalue weighted by Gasteiger charge is -2.30. The van der Waals surface area contributed by atoms with Crippen molar-refractivity contribution in [3.63, 3.8) is 0 Å². The highest BCUT2D eigenvalue weighted by molar-refractivity contribution is 7.92. The predicted octanol–water partition coefficient (Wildman–Crippen LogP) is 4.41. The molecule has 1 fully saturated rings. The number of rotatable bonds is 10. The van der Waals surface area contributed by atoms with Crippen molar-refractivity contribution in [1.29, 1.82) is 0 Å². The maximum absolute atomic E-state index is 12.8. The Bertz CT molecular complexity index is 1430. The molecule has 4 rings (SSSR count). The Morgan fingerprint density at radius 3 is 2.08 bits per heavy atom. The van der Waals surface area contributed by atoms with Gasteiger partial charge in [-0.15, -0.1) is 0 Å². The predicted molar refractivity (Wildman–Crippen MR) is 150 cm³/mol. The zero-order valence-corrected chi connectivity index (χ0v) is 23.0. The molecule has 1 aliphatic heterocycles. The van der Waals surface area contributed by atoms with Crippen LogP contribution in [0.25, 0.3) is 0 Å². The van der Waals surface area contributed by atoms with Gasteiger partial charge in [0.25, 0.3) is 10.0 Å². The van der Waals surface area contributed by atoms with E-state index in [2.05, 4.69) is 10.0 Å². The third-order valence-corrected chi connectivity index (χ3v) is 10.0. The van der Waals surface area contributed by atoms with Crippen LogP contribution in [0.4, 0.5) is 11.4 Å². The quantitative estimate of drug-likeness (QED) is 0.385. The summed E-state index contributed by atoms with van der Waals surface area (Å²) >= 11 is 0. The number of amides is 1. The number of nitrogens with one attached hydrogen (secondary N) is 2. The smallest absolute Gasteiger partial charge is 0.261 e. The molecule has 0 aliphatic carbocycles. The molecule has 1 saturated heterocycles. The lowest BCUT2D eigenvalue weighted by Crippen LogP contribution is -2.42. The standard InChI is InChI=1S/C28H33N3O5S2/c1-22-9-11-26(12-10-22)30-38(35,36)27-15-13-25(14-16-27)29-28(32)24-17-19-31(20-18-24)37(33,34)21-5-8-23-6-3-2-4-7-23/h2-4,6-7,9-16,24,30H,5,8,17-21H2,1H3,(H,29,32). The lowest BCUT2D eigenvalue weighted by molar-refractivity contribution is -0.120. The molecular weight excluding hydrogens is 522 g/mol. The SMILES string of the molecule is Cc1ccc(NS(=O)(=O)c2ccc(NC(=O)C3CCN(S(=O)(=O)CCCc4ccccc4)CC3)cc2)cc1. The third-order valence-electron chi connectivity index (χ3n) is 6.66. The first-order valence-electron chi connectivity index (χ1n) is 12.6. The second-order valence-electron chi connectivity index (χ2n) is 9.56. The molecular formula is C28H33N3O5S2. The van der Waals surface area contributed by atoms with Crippen molar-refractivity contribution in [2.24, 2.45) is 5.92 Å². The number of nitrogens with zero attached hydrogens (tertiary/aromatic N) is 1. The van der Waals surface area contributed by atoms with Crippen molar-refractivity contribution in [1.82, 2.24) is 4.31 Å². The molecule has 0 unspecified atom stereocenters. The van der Waals surface area contributed by atoms with Crippen LogP contribution in [-0.2, 0) is 31.3 Å². The van der Waals surface area contributed by atoms with E-state index in [1.807, 2.05) is 49.4 Å². The van der Waals surface area contributed by atoms with E-state index < -0.39 is 20.0 Å². The van der Waals surface area contributed by atoms with Crippen molar-refractivity contribution in [2.45, 2.75) is 37.5 Å². The minimum absolute atomic E-state index is 0.0850. The summed E-state index contributed by atoms with van der Waals surface area (Å²) in [5.74, 6) is -0.413. The fourth-order valence-corrected chi connectivity index (χ4v) is 7.02. The number of carbonyl (C=O) groups excluding carboxylic acids is 1. The molecule has 0 radical (unpaired) electrons. The molecule has 8 nitrogen and oxygen atoms in total. The van der Waals surface area contributed by atoms with Crippen LogP contribution in [-0.4, -0.2) is 45.9 Å². The normalized spacial score (nSPS) is 15.2. The Labute approximate surface area is 225 Å². The zero-order chi connectivity index (χ0) is 27.2. The van der Waals surface area contributed by atoms with Gasteiger partial charge in [-0.3, -0.25) is 9.52 Å². The zero-order valence-electron chi connectivity index (χ0n) is 21.3. The highest BCUT2D eigenvalue weighted by Crippen LogP contribution is 2.23. The summed E-state index contributed by atoms with van der Waals surface area (Å²) in [6.45, 7) is 2.55. The van der Waals surface area contributed by atoms with E-state index in [0.717, 1.165) is 11.1 Å². The van der Waals surface area contributed by atoms with Crippen LogP contribution in [0.3, 0.4) is 0 Å². The molecule has 0 saturated carbocycles. The summed E-state index contributed by atoms with van der Waals surface area (Å²) in [5, 5.41) is 2.83. The van der Waals surface area contributed by atoms with Gasteiger partial charge in [-0.25, -0.2) is 21.1 Å². The van der Waals surface area contributed by atoms with Crippen molar-refractivity contribution < 1.29 is 21.6 Å². The van der Waals surface area contributed by atoms with Crippen molar-refractivity contribution in [2.75, 3.05) is 28.9 Å². The Kier molecular flexibility index (Phi) is 8.86. The lowest BCUT2D eigenvalue weighted by atomic mass is 9.97. The molecule has 1 heterocycles. The largest absolute Gasteiger partial charge is 0.326 e. The Morgan fingerprint density at radius 1 is 0.842 bits per heavy atom. The highest BCUT2D eigenvalue weighted by Gasteiger charge is 2.31. The number of benzene rings is 3. The molecule has 3 aromatic carbocycles. The molecule has 0 spiro atoms. The summed E-state index contributed by atoms with van der Waals surface area (Å²) in [5.41, 5.74) is 3.10. The van der Waals surface area contributed by atoms with E-state index in [1.54, 1.807) is 24.3 Å². The first-order chi connectivity index (χ1) is 18.1. The molecule has 1 amide bonds. The van der Waals surface area contributed by atoms with Crippen molar-refractivity contribution >= 4 is 37.3 Å². The average Bonchev–Trinajstić information content (AvgIpc) is 2.91. The Balaban J connectivity index is 1.25. The number of aryl methyl sites for hydroxylation is 2. The molecule has 3 aromatic rings. The fourth-order valence-electron chi connectivity index (χ4n) is 4.43. The van der Waals surface area contributed by atoms with Gasteiger partial charge in [0, 0.05) is 30.4 Å². The number of carbonyl (C=O) groups is 1. The number of anilines is 2. The van der Waals surface area contributed by atoms with Crippen molar-refractivity contribution in [3.8, 4) is 0 Å². The summed E-state index contributed by atoms with van der Waals surface area (Å²) in [7, 11) is -7.13. The molecule has 0 atom stereocenters. The van der Waals surface area contributed by atoms with Crippen LogP contribution in [0.15, 0.2) is 83.8 Å². The van der Waals surface area contributed by atoms with Gasteiger partial charge in [-0.1, -0.05) is 48.0 Å². The van der Waals surface area contributed by atoms with Gasteiger partial charge in [0.05, 0.1) is 10.6 Å². The monoisotopic (exact) mass is 555 g/mol. The summed E-state index contributed by atoms with van der Waals surface area (Å²) in [4.78, 5) is 12.9. The molecule has 0 bridgehead atoms. The van der Waals surface area contributed by atoms with Crippen LogP contribution in [0, 0.1) is 12.8 Å². The van der Waals surface area contributed by atoms with Gasteiger partial charge in [-0.05, 0) is 74.6 Å². The van der Waals surface area contributed by atoms with E-state index in [0.29, 0.717) is 50.1 Å². The minimum Gasteiger partial charge on any atom is -0.326 e. The molecule has 0 aromatic heterocycles. The average molecular weight is 556 g/mol. The minimum atomic E-state index is -3.76. The molecule has 202 valence electrons. The van der Waals surface area contributed by atoms with Crippen LogP contribution in [0.1, 0.15) is 30.4 Å². The van der Waals surface area contributed by atoms with Crippen LogP contribution in [0.5, 0.6) is 0 Å². The molecule has 38 heavy (non-hydrogen) atoms. The Hall–Kier alpha value is -3.21. The first-order valence-corrected chi connectivity index (χ1v) is 15.7. The second-order valence-corrected chi connectivity index (χ2v) is 13.3. The van der Waals surface area contributed by atoms with E-state index in [4.69, 9.17) is 0 Å². The maximum Gasteiger partial charge on any atom is 0.261 e. The summed E-state index contributed by atoms with van der Waals surface area (Å²) < 4.78 is 54.9. The molecule has 10 heteroatoms. The van der Waals surface area contributed by atoms with E-state index in [1.165, 1.54) is 16.4 Å². The fraction of sp³-hybridized carbons (Fsp3) is 0.321. The molecule has 2 N–H and O–H groups in total. The Morgan fingerprint density at radius 2 is 1.45 bits per heavy atom. The van der Waals surface area contributed by atoms with E-state index >= 15 is 0 Å². The highest BCUT2D eigenvalue weighted by atomic mass is 32.2. The summed E-state index contributed by atoms with van der Waals surface area (Å²) in [6.07, 6.45) is 2.15. The second kappa shape index (κ2) is 12.1. The van der Waals surface area contributed by atoms with Gasteiger partial charge in [0.1, 0.15) is 0 Å². The van der Waals surface area contributed by atoms with Crippen molar-refractivity contribution in [3.05, 3.63) is 90.0 Å². The summed E-state index contributed by atoms with van der Waals surface area (Å²) in [6, 6.07) is 22.8. The topological polar surface area (TPSA) is 113 Å². The first kappa shape index (κ1) is 27.8. The number of hydrogen-bond donors (Lipinski definition) is 2. The van der Waals surface area contributed by atoms with Gasteiger partial charge in [0.15, 0.2) is 0 Å². The number of sulfonamides is 2. The van der Waals surface area contributed by atoms with Gasteiger partial charge >= 0.3 is 0 Å². The maximum atomic E-state index is 12.8. The number of piperidine rings is 1.